The molecule has 52 heavy (non-hydrogen) atoms. The average molecular weight is 719 g/mol. The Labute approximate surface area is 302 Å². The highest BCUT2D eigenvalue weighted by atomic mass is 35.5. The summed E-state index contributed by atoms with van der Waals surface area (Å²) in [5.41, 5.74) is 0.188. The number of ether oxygens (including phenoxy) is 1. The maximum atomic E-state index is 15.3. The first-order chi connectivity index (χ1) is 25.0. The van der Waals surface area contributed by atoms with E-state index in [9.17, 15) is 34.5 Å². The smallest absolute Gasteiger partial charge is 0.339 e. The van der Waals surface area contributed by atoms with Crippen molar-refractivity contribution in [3.63, 3.8) is 0 Å². The van der Waals surface area contributed by atoms with Crippen LogP contribution in [-0.2, 0) is 24.6 Å². The number of rotatable bonds is 6. The number of allylic oxidation sites excluding steroid dienone is 2. The Morgan fingerprint density at radius 2 is 1.56 bits per heavy atom. The number of anilines is 2. The number of nitrogens with zero attached hydrogens (tertiary/aromatic N) is 2. The van der Waals surface area contributed by atoms with E-state index in [4.69, 9.17) is 16.3 Å². The molecular weight excluding hydrogens is 688 g/mol. The predicted molar refractivity (Wildman–Crippen MR) is 188 cm³/mol. The Kier molecular flexibility index (Phi) is 7.72. The molecule has 2 aliphatic heterocycles. The van der Waals surface area contributed by atoms with Crippen molar-refractivity contribution in [3.8, 4) is 17.2 Å². The average Bonchev–Trinajstić information content (AvgIpc) is 3.52. The van der Waals surface area contributed by atoms with Gasteiger partial charge >= 0.3 is 5.97 Å². The molecule has 0 aromatic heterocycles. The van der Waals surface area contributed by atoms with Crippen LogP contribution >= 0.6 is 11.6 Å². The maximum absolute atomic E-state index is 15.3. The van der Waals surface area contributed by atoms with E-state index in [1.54, 1.807) is 48.5 Å². The summed E-state index contributed by atoms with van der Waals surface area (Å²) in [4.78, 5) is 72.3. The fourth-order valence-corrected chi connectivity index (χ4v) is 9.28. The van der Waals surface area contributed by atoms with Gasteiger partial charge in [0.2, 0.25) is 23.6 Å². The van der Waals surface area contributed by atoms with Gasteiger partial charge in [-0.2, -0.15) is 0 Å². The summed E-state index contributed by atoms with van der Waals surface area (Å²) in [6.45, 7) is 0. The third-order valence-electron chi connectivity index (χ3n) is 11.2. The van der Waals surface area contributed by atoms with Crippen LogP contribution < -0.4 is 14.5 Å². The molecule has 2 aliphatic carbocycles. The second kappa shape index (κ2) is 12.1. The number of hydrogen-bond donors (Lipinski definition) is 3. The molecule has 4 amide bonds. The van der Waals surface area contributed by atoms with Gasteiger partial charge in [0.25, 0.3) is 0 Å². The van der Waals surface area contributed by atoms with Gasteiger partial charge < -0.3 is 20.1 Å². The van der Waals surface area contributed by atoms with Crippen molar-refractivity contribution >= 4 is 52.6 Å². The van der Waals surface area contributed by atoms with E-state index in [-0.39, 0.29) is 35.6 Å². The third kappa shape index (κ3) is 4.61. The van der Waals surface area contributed by atoms with Crippen molar-refractivity contribution in [1.82, 2.24) is 0 Å². The summed E-state index contributed by atoms with van der Waals surface area (Å²) < 4.78 is 5.34. The van der Waals surface area contributed by atoms with Crippen molar-refractivity contribution in [2.75, 3.05) is 16.9 Å². The molecule has 0 spiro atoms. The minimum atomic E-state index is -1.53. The van der Waals surface area contributed by atoms with Gasteiger partial charge in [-0.1, -0.05) is 65.7 Å². The fourth-order valence-electron chi connectivity index (χ4n) is 9.10. The highest BCUT2D eigenvalue weighted by molar-refractivity contribution is 6.32. The van der Waals surface area contributed by atoms with Crippen molar-refractivity contribution in [3.05, 3.63) is 124 Å². The maximum Gasteiger partial charge on any atom is 0.339 e. The summed E-state index contributed by atoms with van der Waals surface area (Å²) >= 11 is 6.37. The molecule has 6 unspecified atom stereocenters. The van der Waals surface area contributed by atoms with E-state index >= 15 is 4.79 Å². The van der Waals surface area contributed by atoms with Crippen molar-refractivity contribution < 1.29 is 44.0 Å². The Morgan fingerprint density at radius 3 is 2.23 bits per heavy atom. The minimum absolute atomic E-state index is 0.0266. The van der Waals surface area contributed by atoms with Gasteiger partial charge in [-0.05, 0) is 72.4 Å². The molecule has 4 aromatic carbocycles. The van der Waals surface area contributed by atoms with E-state index in [0.29, 0.717) is 27.4 Å². The van der Waals surface area contributed by atoms with Crippen molar-refractivity contribution in [2.24, 2.45) is 23.7 Å². The van der Waals surface area contributed by atoms with E-state index in [0.717, 1.165) is 21.9 Å². The van der Waals surface area contributed by atoms with Crippen LogP contribution in [0.5, 0.6) is 17.2 Å². The largest absolute Gasteiger partial charge is 0.507 e. The molecule has 11 nitrogen and oxygen atoms in total. The van der Waals surface area contributed by atoms with Crippen LogP contribution in [0.3, 0.4) is 0 Å². The number of fused-ring (bicyclic) bond motifs is 4. The molecule has 3 N–H and O–H groups in total. The number of hydrogen-bond acceptors (Lipinski definition) is 8. The van der Waals surface area contributed by atoms with Gasteiger partial charge in [0.15, 0.2) is 11.5 Å². The number of phenolic OH excluding ortho intramolecular Hbond substituents is 1. The highest BCUT2D eigenvalue weighted by Gasteiger charge is 2.70. The molecule has 262 valence electrons. The molecule has 3 fully saturated rings. The van der Waals surface area contributed by atoms with Gasteiger partial charge in [0.1, 0.15) is 11.3 Å². The number of carboxylic acids is 1. The van der Waals surface area contributed by atoms with E-state index < -0.39 is 70.4 Å². The second-order valence-electron chi connectivity index (χ2n) is 13.5. The Bertz CT molecular complexity index is 2250. The van der Waals surface area contributed by atoms with Crippen LogP contribution in [0.2, 0.25) is 5.02 Å². The first-order valence-corrected chi connectivity index (χ1v) is 17.1. The number of amides is 4. The van der Waals surface area contributed by atoms with Gasteiger partial charge in [-0.25, -0.2) is 14.6 Å². The fraction of sp³-hybridized carbons (Fsp3) is 0.225. The molecule has 1 saturated carbocycles. The Balaban J connectivity index is 1.33. The van der Waals surface area contributed by atoms with Crippen LogP contribution in [0.4, 0.5) is 11.4 Å². The SMILES string of the molecule is COc1ccc(C2C3=CCC4C(=O)N(c5ccc(C(=O)O)c(O)c5)C(=O)C4C3CC3C(=O)N(c4cccc(Cl)c4)C(=O)C32c2ccccc2)cc1O. The highest BCUT2D eigenvalue weighted by Crippen LogP contribution is 2.65. The molecule has 0 radical (unpaired) electrons. The molecular formula is C40H31ClN2O9. The minimum Gasteiger partial charge on any atom is -0.507 e. The Morgan fingerprint density at radius 1 is 0.808 bits per heavy atom. The first kappa shape index (κ1) is 33.2. The number of aromatic carboxylic acids is 1. The van der Waals surface area contributed by atoms with Crippen LogP contribution in [0.15, 0.2) is 103 Å². The normalized spacial score (nSPS) is 26.5. The van der Waals surface area contributed by atoms with Gasteiger partial charge in [-0.15, -0.1) is 0 Å². The van der Waals surface area contributed by atoms with Gasteiger partial charge in [0.05, 0.1) is 41.7 Å². The van der Waals surface area contributed by atoms with Gasteiger partial charge in [-0.3, -0.25) is 19.2 Å². The molecule has 0 bridgehead atoms. The number of phenols is 2. The molecule has 12 heteroatoms. The standard InChI is InChI=1S/C40H31ClN2O9/c1-52-32-15-10-20(16-31(32)45)34-25-13-14-27-33(37(48)42(35(27)46)24-11-12-26(38(49)50)30(44)18-24)28(25)19-29-36(47)43(23-9-5-8-22(41)17-23)39(51)40(29,34)21-6-3-2-4-7-21/h2-13,15-18,27-29,33-34,44-45H,14,19H2,1H3,(H,49,50). The zero-order valence-electron chi connectivity index (χ0n) is 27.6. The molecule has 2 heterocycles. The summed E-state index contributed by atoms with van der Waals surface area (Å²) in [7, 11) is 1.42. The first-order valence-electron chi connectivity index (χ1n) is 16.7. The van der Waals surface area contributed by atoms with Crippen LogP contribution in [0.1, 0.15) is 40.2 Å². The number of aromatic hydroxyl groups is 2. The van der Waals surface area contributed by atoms with E-state index in [2.05, 4.69) is 0 Å². The number of carbonyl (C=O) groups is 5. The predicted octanol–water partition coefficient (Wildman–Crippen LogP) is 5.83. The summed E-state index contributed by atoms with van der Waals surface area (Å²) in [6.07, 6.45) is 2.08. The van der Waals surface area contributed by atoms with Crippen LogP contribution in [0.25, 0.3) is 0 Å². The zero-order valence-corrected chi connectivity index (χ0v) is 28.4. The molecule has 2 saturated heterocycles. The van der Waals surface area contributed by atoms with Crippen molar-refractivity contribution in [2.45, 2.75) is 24.2 Å². The molecule has 4 aliphatic rings. The number of halogens is 1. The van der Waals surface area contributed by atoms with Gasteiger partial charge in [0, 0.05) is 17.0 Å². The lowest BCUT2D eigenvalue weighted by atomic mass is 9.49. The number of carbonyl (C=O) groups excluding carboxylic acids is 4. The molecule has 6 atom stereocenters. The summed E-state index contributed by atoms with van der Waals surface area (Å²) in [5.74, 6) is -8.27. The lowest BCUT2D eigenvalue weighted by molar-refractivity contribution is -0.127. The lowest BCUT2D eigenvalue weighted by Gasteiger charge is -2.50. The van der Waals surface area contributed by atoms with E-state index in [1.807, 2.05) is 24.3 Å². The molecule has 8 rings (SSSR count). The summed E-state index contributed by atoms with van der Waals surface area (Å²) in [5, 5.41) is 31.3. The third-order valence-corrected chi connectivity index (χ3v) is 11.4. The zero-order chi connectivity index (χ0) is 36.6. The van der Waals surface area contributed by atoms with Crippen molar-refractivity contribution in [1.29, 1.82) is 0 Å². The topological polar surface area (TPSA) is 162 Å². The number of carboxylic acid groups (broad SMARTS) is 1. The molecule has 4 aromatic rings. The van der Waals surface area contributed by atoms with Crippen LogP contribution in [-0.4, -0.2) is 52.0 Å². The Hall–Kier alpha value is -5.94. The number of imide groups is 2. The van der Waals surface area contributed by atoms with E-state index in [1.165, 1.54) is 19.2 Å². The van der Waals surface area contributed by atoms with Crippen LogP contribution in [0, 0.1) is 23.7 Å². The lowest BCUT2D eigenvalue weighted by Crippen LogP contribution is -2.53. The summed E-state index contributed by atoms with van der Waals surface area (Å²) in [6, 6.07) is 23.8. The monoisotopic (exact) mass is 718 g/mol. The quantitative estimate of drug-likeness (QED) is 0.165. The number of benzene rings is 4. The number of methoxy groups -OCH3 is 1. The second-order valence-corrected chi connectivity index (χ2v) is 14.0.